The highest BCUT2D eigenvalue weighted by Gasteiger charge is 2.20. The molecule has 3 heterocycles. The summed E-state index contributed by atoms with van der Waals surface area (Å²) in [4.78, 5) is 25.7. The molecular formula is C29H21ClN4O2S. The van der Waals surface area contributed by atoms with Crippen LogP contribution in [0.2, 0.25) is 5.02 Å². The highest BCUT2D eigenvalue weighted by atomic mass is 35.5. The Morgan fingerprint density at radius 2 is 1.73 bits per heavy atom. The Bertz CT molecular complexity index is 1820. The molecule has 37 heavy (non-hydrogen) atoms. The second kappa shape index (κ2) is 9.10. The van der Waals surface area contributed by atoms with Gasteiger partial charge in [0.1, 0.15) is 5.01 Å². The van der Waals surface area contributed by atoms with E-state index in [4.69, 9.17) is 16.6 Å². The van der Waals surface area contributed by atoms with Crippen molar-refractivity contribution in [1.29, 1.82) is 0 Å². The highest BCUT2D eigenvalue weighted by Crippen LogP contribution is 2.41. The number of rotatable bonds is 5. The van der Waals surface area contributed by atoms with Gasteiger partial charge in [-0.1, -0.05) is 29.8 Å². The van der Waals surface area contributed by atoms with Crippen LogP contribution < -0.4 is 0 Å². The normalized spacial score (nSPS) is 11.4. The summed E-state index contributed by atoms with van der Waals surface area (Å²) < 4.78 is 2.94. The third-order valence-electron chi connectivity index (χ3n) is 6.52. The smallest absolute Gasteiger partial charge is 0.307 e. The molecule has 0 bridgehead atoms. The van der Waals surface area contributed by atoms with Gasteiger partial charge in [-0.3, -0.25) is 9.78 Å². The SMILES string of the molecule is Cc1cc2nc(-c3cncc(-c4ccc5c(c4)ncn5C)c3)sc2c(-c2ccc(Cl)cc2)c1CC(=O)O. The number of halogens is 1. The van der Waals surface area contributed by atoms with Crippen molar-refractivity contribution in [3.63, 3.8) is 0 Å². The molecule has 6 aromatic rings. The molecule has 0 aliphatic rings. The Morgan fingerprint density at radius 3 is 2.51 bits per heavy atom. The maximum Gasteiger partial charge on any atom is 0.307 e. The topological polar surface area (TPSA) is 80.9 Å². The minimum Gasteiger partial charge on any atom is -0.481 e. The quantitative estimate of drug-likeness (QED) is 0.258. The summed E-state index contributed by atoms with van der Waals surface area (Å²) in [6.45, 7) is 1.94. The van der Waals surface area contributed by atoms with Gasteiger partial charge in [-0.25, -0.2) is 9.97 Å². The van der Waals surface area contributed by atoms with Crippen LogP contribution in [-0.2, 0) is 18.3 Å². The Kier molecular flexibility index (Phi) is 5.74. The molecule has 0 saturated carbocycles. The predicted molar refractivity (Wildman–Crippen MR) is 149 cm³/mol. The number of fused-ring (bicyclic) bond motifs is 2. The van der Waals surface area contributed by atoms with Crippen LogP contribution >= 0.6 is 22.9 Å². The van der Waals surface area contributed by atoms with Crippen molar-refractivity contribution in [2.45, 2.75) is 13.3 Å². The van der Waals surface area contributed by atoms with Crippen molar-refractivity contribution >= 4 is 50.2 Å². The standard InChI is InChI=1S/C29H21ClN4O2S/c1-16-9-24-28(27(22(16)12-26(35)36)17-3-6-21(30)7-4-17)37-29(33-24)20-10-19(13-31-14-20)18-5-8-25-23(11-18)32-15-34(25)2/h3-11,13-15H,12H2,1-2H3,(H,35,36). The molecule has 0 saturated heterocycles. The van der Waals surface area contributed by atoms with Gasteiger partial charge in [-0.2, -0.15) is 0 Å². The van der Waals surface area contributed by atoms with E-state index >= 15 is 0 Å². The van der Waals surface area contributed by atoms with Crippen LogP contribution in [0.4, 0.5) is 0 Å². The molecule has 182 valence electrons. The molecule has 0 aliphatic heterocycles. The minimum absolute atomic E-state index is 0.0694. The number of carboxylic acid groups (broad SMARTS) is 1. The van der Waals surface area contributed by atoms with E-state index < -0.39 is 5.97 Å². The molecule has 3 aromatic carbocycles. The van der Waals surface area contributed by atoms with Gasteiger partial charge in [-0.15, -0.1) is 11.3 Å². The fourth-order valence-electron chi connectivity index (χ4n) is 4.69. The maximum atomic E-state index is 11.7. The third-order valence-corrected chi connectivity index (χ3v) is 7.91. The average Bonchev–Trinajstić information content (AvgIpc) is 3.48. The van der Waals surface area contributed by atoms with E-state index in [-0.39, 0.29) is 6.42 Å². The summed E-state index contributed by atoms with van der Waals surface area (Å²) in [6.07, 6.45) is 5.39. The zero-order valence-electron chi connectivity index (χ0n) is 20.1. The lowest BCUT2D eigenvalue weighted by Gasteiger charge is -2.13. The molecule has 0 spiro atoms. The third kappa shape index (κ3) is 4.26. The Balaban J connectivity index is 1.50. The van der Waals surface area contributed by atoms with Crippen LogP contribution in [0.15, 0.2) is 73.3 Å². The second-order valence-electron chi connectivity index (χ2n) is 9.01. The van der Waals surface area contributed by atoms with Gasteiger partial charge >= 0.3 is 5.97 Å². The van der Waals surface area contributed by atoms with Crippen LogP contribution in [-0.4, -0.2) is 30.6 Å². The van der Waals surface area contributed by atoms with E-state index in [0.29, 0.717) is 5.02 Å². The van der Waals surface area contributed by atoms with Gasteiger partial charge in [-0.05, 0) is 65.6 Å². The number of hydrogen-bond donors (Lipinski definition) is 1. The molecule has 8 heteroatoms. The summed E-state index contributed by atoms with van der Waals surface area (Å²) in [5, 5.41) is 11.1. The maximum absolute atomic E-state index is 11.7. The molecule has 3 aromatic heterocycles. The monoisotopic (exact) mass is 524 g/mol. The highest BCUT2D eigenvalue weighted by molar-refractivity contribution is 7.22. The number of imidazole rings is 1. The van der Waals surface area contributed by atoms with Gasteiger partial charge in [0.15, 0.2) is 0 Å². The lowest BCUT2D eigenvalue weighted by molar-refractivity contribution is -0.136. The molecule has 0 unspecified atom stereocenters. The number of benzene rings is 3. The number of nitrogens with zero attached hydrogens (tertiary/aromatic N) is 4. The van der Waals surface area contributed by atoms with Crippen LogP contribution in [0.5, 0.6) is 0 Å². The molecule has 6 nitrogen and oxygen atoms in total. The van der Waals surface area contributed by atoms with E-state index in [1.807, 2.05) is 67.6 Å². The van der Waals surface area contributed by atoms with E-state index in [1.54, 1.807) is 11.3 Å². The lowest BCUT2D eigenvalue weighted by atomic mass is 9.93. The van der Waals surface area contributed by atoms with Crippen LogP contribution in [0.25, 0.3) is 54.1 Å². The molecule has 0 amide bonds. The number of carboxylic acids is 1. The van der Waals surface area contributed by atoms with Crippen LogP contribution in [0.1, 0.15) is 11.1 Å². The zero-order chi connectivity index (χ0) is 25.7. The molecule has 0 radical (unpaired) electrons. The summed E-state index contributed by atoms with van der Waals surface area (Å²) in [5.74, 6) is -0.871. The largest absolute Gasteiger partial charge is 0.481 e. The van der Waals surface area contributed by atoms with E-state index in [2.05, 4.69) is 34.2 Å². The summed E-state index contributed by atoms with van der Waals surface area (Å²) in [5.41, 5.74) is 9.23. The average molecular weight is 525 g/mol. The molecule has 1 N–H and O–H groups in total. The van der Waals surface area contributed by atoms with Gasteiger partial charge < -0.3 is 9.67 Å². The van der Waals surface area contributed by atoms with Crippen molar-refractivity contribution in [2.24, 2.45) is 7.05 Å². The number of pyridine rings is 1. The van der Waals surface area contributed by atoms with Crippen molar-refractivity contribution in [2.75, 3.05) is 0 Å². The first-order chi connectivity index (χ1) is 17.9. The first-order valence-electron chi connectivity index (χ1n) is 11.6. The van der Waals surface area contributed by atoms with Crippen molar-refractivity contribution < 1.29 is 9.90 Å². The number of carbonyl (C=O) groups is 1. The predicted octanol–water partition coefficient (Wildman–Crippen LogP) is 7.17. The molecule has 0 fully saturated rings. The molecule has 0 aliphatic carbocycles. The fourth-order valence-corrected chi connectivity index (χ4v) is 5.94. The Hall–Kier alpha value is -4.07. The van der Waals surface area contributed by atoms with Gasteiger partial charge in [0, 0.05) is 41.2 Å². The van der Waals surface area contributed by atoms with Crippen LogP contribution in [0.3, 0.4) is 0 Å². The minimum atomic E-state index is -0.871. The molecular weight excluding hydrogens is 504 g/mol. The van der Waals surface area contributed by atoms with E-state index in [1.165, 1.54) is 0 Å². The first-order valence-corrected chi connectivity index (χ1v) is 12.8. The number of aryl methyl sites for hydroxylation is 2. The number of hydrogen-bond acceptors (Lipinski definition) is 5. The zero-order valence-corrected chi connectivity index (χ0v) is 21.6. The van der Waals surface area contributed by atoms with Crippen molar-refractivity contribution in [3.8, 4) is 32.8 Å². The lowest BCUT2D eigenvalue weighted by Crippen LogP contribution is -2.04. The summed E-state index contributed by atoms with van der Waals surface area (Å²) in [7, 11) is 1.98. The van der Waals surface area contributed by atoms with Crippen molar-refractivity contribution in [1.82, 2.24) is 19.5 Å². The number of aliphatic carboxylic acids is 1. The second-order valence-corrected chi connectivity index (χ2v) is 10.4. The summed E-state index contributed by atoms with van der Waals surface area (Å²) >= 11 is 7.68. The van der Waals surface area contributed by atoms with Gasteiger partial charge in [0.2, 0.25) is 0 Å². The summed E-state index contributed by atoms with van der Waals surface area (Å²) in [6, 6.07) is 17.8. The van der Waals surface area contributed by atoms with E-state index in [9.17, 15) is 9.90 Å². The fraction of sp³-hybridized carbons (Fsp3) is 0.103. The van der Waals surface area contributed by atoms with Gasteiger partial charge in [0.25, 0.3) is 0 Å². The van der Waals surface area contributed by atoms with E-state index in [0.717, 1.165) is 65.2 Å². The number of aromatic nitrogens is 4. The Morgan fingerprint density at radius 1 is 0.973 bits per heavy atom. The molecule has 6 rings (SSSR count). The molecule has 0 atom stereocenters. The van der Waals surface area contributed by atoms with Crippen molar-refractivity contribution in [3.05, 3.63) is 89.5 Å². The Labute approximate surface area is 221 Å². The number of thiazole rings is 1. The first kappa shape index (κ1) is 23.3. The van der Waals surface area contributed by atoms with Crippen LogP contribution in [0, 0.1) is 6.92 Å². The van der Waals surface area contributed by atoms with Gasteiger partial charge in [0.05, 0.1) is 34.0 Å².